The van der Waals surface area contributed by atoms with Crippen LogP contribution in [-0.2, 0) is 5.41 Å². The van der Waals surface area contributed by atoms with Crippen LogP contribution in [0.1, 0.15) is 30.5 Å². The Labute approximate surface area is 232 Å². The van der Waals surface area contributed by atoms with Crippen LogP contribution < -0.4 is 0 Å². The first-order valence-corrected chi connectivity index (χ1v) is 14.4. The van der Waals surface area contributed by atoms with E-state index in [-0.39, 0.29) is 5.41 Å². The zero-order valence-corrected chi connectivity index (χ0v) is 23.1. The van der Waals surface area contributed by atoms with Crippen molar-refractivity contribution in [2.45, 2.75) is 26.2 Å². The molecule has 1 aliphatic carbocycles. The number of aromatic nitrogens is 1. The summed E-state index contributed by atoms with van der Waals surface area (Å²) in [7, 11) is 0. The van der Waals surface area contributed by atoms with E-state index in [4.69, 9.17) is 4.98 Å². The maximum atomic E-state index is 5.13. The molecular formula is C37H27NS. The van der Waals surface area contributed by atoms with E-state index in [0.717, 1.165) is 10.5 Å². The Balaban J connectivity index is 1.55. The van der Waals surface area contributed by atoms with E-state index < -0.39 is 0 Å². The van der Waals surface area contributed by atoms with Crippen LogP contribution in [0.15, 0.2) is 109 Å². The van der Waals surface area contributed by atoms with E-state index in [0.29, 0.717) is 0 Å². The van der Waals surface area contributed by atoms with Gasteiger partial charge in [0.2, 0.25) is 0 Å². The average molecular weight is 518 g/mol. The standard InChI is InChI=1S/C37H27NS/c1-22-19-20-25-28(21-22)33(27-14-10-16-30-34(27)26-13-6-7-15-29(26)37(30,2)3)23-11-4-5-12-24(23)35(25)36-38-31-17-8-9-18-32(31)39-36/h4-21H,1-3H3. The van der Waals surface area contributed by atoms with E-state index in [9.17, 15) is 0 Å². The maximum absolute atomic E-state index is 5.13. The van der Waals surface area contributed by atoms with Gasteiger partial charge in [-0.1, -0.05) is 116 Å². The Hall–Kier alpha value is -4.27. The fourth-order valence-corrected chi connectivity index (χ4v) is 7.79. The van der Waals surface area contributed by atoms with Crippen LogP contribution in [0.3, 0.4) is 0 Å². The third kappa shape index (κ3) is 3.16. The van der Waals surface area contributed by atoms with E-state index in [1.165, 1.54) is 70.8 Å². The highest BCUT2D eigenvalue weighted by Crippen LogP contribution is 2.54. The number of aryl methyl sites for hydroxylation is 1. The quantitative estimate of drug-likeness (QED) is 0.208. The number of hydrogen-bond donors (Lipinski definition) is 0. The van der Waals surface area contributed by atoms with Crippen molar-refractivity contribution in [3.8, 4) is 32.8 Å². The van der Waals surface area contributed by atoms with Gasteiger partial charge in [0.1, 0.15) is 5.01 Å². The number of thiazole rings is 1. The molecule has 0 spiro atoms. The number of rotatable bonds is 2. The van der Waals surface area contributed by atoms with Crippen LogP contribution in [-0.4, -0.2) is 4.98 Å². The molecule has 7 aromatic rings. The SMILES string of the molecule is Cc1ccc2c(-c3nc4ccccc4s3)c3ccccc3c(-c3cccc4c3-c3ccccc3C4(C)C)c2c1. The highest BCUT2D eigenvalue weighted by Gasteiger charge is 2.37. The molecule has 1 heterocycles. The molecule has 6 aromatic carbocycles. The molecule has 0 saturated carbocycles. The highest BCUT2D eigenvalue weighted by molar-refractivity contribution is 7.21. The van der Waals surface area contributed by atoms with Crippen molar-refractivity contribution in [2.24, 2.45) is 0 Å². The molecule has 0 amide bonds. The largest absolute Gasteiger partial charge is 0.236 e. The smallest absolute Gasteiger partial charge is 0.125 e. The molecule has 0 unspecified atom stereocenters. The van der Waals surface area contributed by atoms with Crippen LogP contribution in [0.5, 0.6) is 0 Å². The van der Waals surface area contributed by atoms with Crippen LogP contribution in [0, 0.1) is 6.92 Å². The normalized spacial score (nSPS) is 13.7. The number of para-hydroxylation sites is 1. The van der Waals surface area contributed by atoms with Gasteiger partial charge in [0.25, 0.3) is 0 Å². The van der Waals surface area contributed by atoms with Gasteiger partial charge >= 0.3 is 0 Å². The fourth-order valence-electron chi connectivity index (χ4n) is 6.75. The maximum Gasteiger partial charge on any atom is 0.125 e. The first-order valence-electron chi connectivity index (χ1n) is 13.6. The lowest BCUT2D eigenvalue weighted by Crippen LogP contribution is -2.14. The fraction of sp³-hybridized carbons (Fsp3) is 0.108. The monoisotopic (exact) mass is 517 g/mol. The summed E-state index contributed by atoms with van der Waals surface area (Å²) in [6.45, 7) is 6.92. The first kappa shape index (κ1) is 22.7. The Kier molecular flexibility index (Phi) is 4.72. The van der Waals surface area contributed by atoms with Crippen molar-refractivity contribution < 1.29 is 0 Å². The Morgan fingerprint density at radius 3 is 2.08 bits per heavy atom. The van der Waals surface area contributed by atoms with Gasteiger partial charge in [-0.3, -0.25) is 0 Å². The second-order valence-corrected chi connectivity index (χ2v) is 12.3. The number of benzene rings is 6. The minimum Gasteiger partial charge on any atom is -0.236 e. The molecule has 0 bridgehead atoms. The number of nitrogens with zero attached hydrogens (tertiary/aromatic N) is 1. The van der Waals surface area contributed by atoms with Gasteiger partial charge in [-0.25, -0.2) is 4.98 Å². The summed E-state index contributed by atoms with van der Waals surface area (Å²) >= 11 is 1.79. The summed E-state index contributed by atoms with van der Waals surface area (Å²) in [5, 5.41) is 6.17. The summed E-state index contributed by atoms with van der Waals surface area (Å²) in [5.74, 6) is 0. The van der Waals surface area contributed by atoms with E-state index in [2.05, 4.69) is 130 Å². The molecule has 0 aliphatic heterocycles. The lowest BCUT2D eigenvalue weighted by Gasteiger charge is -2.22. The van der Waals surface area contributed by atoms with Gasteiger partial charge in [-0.15, -0.1) is 11.3 Å². The van der Waals surface area contributed by atoms with E-state index in [1.807, 2.05) is 0 Å². The summed E-state index contributed by atoms with van der Waals surface area (Å²) in [6.07, 6.45) is 0. The van der Waals surface area contributed by atoms with Gasteiger partial charge in [0, 0.05) is 11.0 Å². The van der Waals surface area contributed by atoms with Crippen LogP contribution in [0.25, 0.3) is 64.6 Å². The molecule has 1 aliphatic rings. The molecule has 0 N–H and O–H groups in total. The van der Waals surface area contributed by atoms with Gasteiger partial charge in [0.15, 0.2) is 0 Å². The molecule has 1 nitrogen and oxygen atoms in total. The van der Waals surface area contributed by atoms with Gasteiger partial charge < -0.3 is 0 Å². The predicted molar refractivity (Wildman–Crippen MR) is 168 cm³/mol. The van der Waals surface area contributed by atoms with Crippen molar-refractivity contribution >= 4 is 43.1 Å². The summed E-state index contributed by atoms with van der Waals surface area (Å²) in [5.41, 5.74) is 11.7. The van der Waals surface area contributed by atoms with E-state index in [1.54, 1.807) is 11.3 Å². The molecule has 39 heavy (non-hydrogen) atoms. The lowest BCUT2D eigenvalue weighted by atomic mass is 9.81. The predicted octanol–water partition coefficient (Wildman–Crippen LogP) is 10.6. The molecular weight excluding hydrogens is 490 g/mol. The van der Waals surface area contributed by atoms with Crippen molar-refractivity contribution in [3.05, 3.63) is 126 Å². The van der Waals surface area contributed by atoms with Gasteiger partial charge in [-0.2, -0.15) is 0 Å². The Morgan fingerprint density at radius 2 is 1.23 bits per heavy atom. The zero-order chi connectivity index (χ0) is 26.3. The topological polar surface area (TPSA) is 12.9 Å². The Morgan fingerprint density at radius 1 is 0.564 bits per heavy atom. The molecule has 0 saturated heterocycles. The zero-order valence-electron chi connectivity index (χ0n) is 22.2. The van der Waals surface area contributed by atoms with Crippen LogP contribution in [0.4, 0.5) is 0 Å². The summed E-state index contributed by atoms with van der Waals surface area (Å²) in [4.78, 5) is 5.13. The van der Waals surface area contributed by atoms with Crippen molar-refractivity contribution in [2.75, 3.05) is 0 Å². The minimum atomic E-state index is -0.0373. The van der Waals surface area contributed by atoms with Crippen LogP contribution >= 0.6 is 11.3 Å². The van der Waals surface area contributed by atoms with Gasteiger partial charge in [-0.05, 0) is 74.0 Å². The molecule has 8 rings (SSSR count). The second-order valence-electron chi connectivity index (χ2n) is 11.2. The van der Waals surface area contributed by atoms with Crippen molar-refractivity contribution in [1.82, 2.24) is 4.98 Å². The highest BCUT2D eigenvalue weighted by atomic mass is 32.1. The molecule has 0 fully saturated rings. The summed E-state index contributed by atoms with van der Waals surface area (Å²) in [6, 6.07) is 40.2. The third-order valence-corrected chi connectivity index (χ3v) is 9.62. The molecule has 1 aromatic heterocycles. The lowest BCUT2D eigenvalue weighted by molar-refractivity contribution is 0.660. The molecule has 0 atom stereocenters. The molecule has 186 valence electrons. The number of hydrogen-bond acceptors (Lipinski definition) is 2. The van der Waals surface area contributed by atoms with Gasteiger partial charge in [0.05, 0.1) is 10.2 Å². The average Bonchev–Trinajstić information content (AvgIpc) is 3.48. The molecule has 2 heteroatoms. The van der Waals surface area contributed by atoms with Crippen molar-refractivity contribution in [3.63, 3.8) is 0 Å². The summed E-state index contributed by atoms with van der Waals surface area (Å²) < 4.78 is 1.22. The second kappa shape index (κ2) is 8.11. The van der Waals surface area contributed by atoms with Crippen molar-refractivity contribution in [1.29, 1.82) is 0 Å². The first-order chi connectivity index (χ1) is 19.0. The minimum absolute atomic E-state index is 0.0373. The molecule has 0 radical (unpaired) electrons. The third-order valence-electron chi connectivity index (χ3n) is 8.56. The van der Waals surface area contributed by atoms with E-state index >= 15 is 0 Å². The van der Waals surface area contributed by atoms with Crippen LogP contribution in [0.2, 0.25) is 0 Å². The number of fused-ring (bicyclic) bond motifs is 6. The Bertz CT molecular complexity index is 2080.